The monoisotopic (exact) mass is 270 g/mol. The largest absolute Gasteiger partial charge is 0.397 e. The lowest BCUT2D eigenvalue weighted by Crippen LogP contribution is -2.27. The molecule has 1 rings (SSSR count). The van der Waals surface area contributed by atoms with E-state index in [4.69, 9.17) is 5.73 Å². The Balaban J connectivity index is 3.09. The fraction of sp³-hybridized carbons (Fsp3) is 0.538. The molecular formula is C13H22N2O2S. The van der Waals surface area contributed by atoms with E-state index in [0.717, 1.165) is 11.1 Å². The van der Waals surface area contributed by atoms with Gasteiger partial charge in [-0.05, 0) is 36.5 Å². The molecule has 0 aromatic heterocycles. The molecule has 0 fully saturated rings. The zero-order chi connectivity index (χ0) is 14.1. The highest BCUT2D eigenvalue weighted by atomic mass is 32.2. The van der Waals surface area contributed by atoms with Crippen LogP contribution in [0.5, 0.6) is 0 Å². The molecule has 0 saturated carbocycles. The molecule has 0 saturated heterocycles. The maximum absolute atomic E-state index is 12.1. The molecular weight excluding hydrogens is 248 g/mol. The maximum atomic E-state index is 12.1. The molecule has 18 heavy (non-hydrogen) atoms. The molecule has 0 amide bonds. The lowest BCUT2D eigenvalue weighted by atomic mass is 10.0. The van der Waals surface area contributed by atoms with Crippen LogP contribution in [-0.2, 0) is 10.0 Å². The van der Waals surface area contributed by atoms with Gasteiger partial charge in [0.25, 0.3) is 0 Å². The van der Waals surface area contributed by atoms with E-state index in [1.54, 1.807) is 6.07 Å². The predicted octanol–water partition coefficient (Wildman–Crippen LogP) is 2.67. The summed E-state index contributed by atoms with van der Waals surface area (Å²) in [6.45, 7) is 9.45. The molecule has 0 unspecified atom stereocenters. The minimum absolute atomic E-state index is 0.0623. The van der Waals surface area contributed by atoms with Crippen molar-refractivity contribution in [1.82, 2.24) is 0 Å². The molecule has 0 heterocycles. The van der Waals surface area contributed by atoms with Crippen LogP contribution in [0, 0.1) is 19.3 Å². The fourth-order valence-corrected chi connectivity index (χ4v) is 3.53. The van der Waals surface area contributed by atoms with E-state index in [1.807, 2.05) is 40.7 Å². The van der Waals surface area contributed by atoms with Gasteiger partial charge in [-0.15, -0.1) is 0 Å². The van der Waals surface area contributed by atoms with Crippen molar-refractivity contribution in [2.75, 3.05) is 16.2 Å². The summed E-state index contributed by atoms with van der Waals surface area (Å²) in [5.74, 6) is 0.0623. The Morgan fingerprint density at radius 2 is 1.78 bits per heavy atom. The number of nitrogens with one attached hydrogen (secondary N) is 1. The molecule has 0 spiro atoms. The zero-order valence-electron chi connectivity index (χ0n) is 11.7. The molecule has 0 aliphatic carbocycles. The Labute approximate surface area is 110 Å². The summed E-state index contributed by atoms with van der Waals surface area (Å²) < 4.78 is 26.7. The van der Waals surface area contributed by atoms with E-state index in [-0.39, 0.29) is 11.2 Å². The number of nitrogens with two attached hydrogens (primary N) is 1. The van der Waals surface area contributed by atoms with Gasteiger partial charge in [0.1, 0.15) is 0 Å². The average Bonchev–Trinajstić information content (AvgIpc) is 2.15. The Morgan fingerprint density at radius 1 is 1.22 bits per heavy atom. The van der Waals surface area contributed by atoms with Gasteiger partial charge in [0, 0.05) is 0 Å². The Kier molecular flexibility index (Phi) is 3.96. The second kappa shape index (κ2) is 4.80. The molecule has 1 aromatic carbocycles. The number of aryl methyl sites for hydroxylation is 1. The van der Waals surface area contributed by atoms with Gasteiger partial charge in [-0.1, -0.05) is 26.8 Å². The molecule has 4 nitrogen and oxygen atoms in total. The summed E-state index contributed by atoms with van der Waals surface area (Å²) in [4.78, 5) is 0. The zero-order valence-corrected chi connectivity index (χ0v) is 12.5. The molecule has 0 radical (unpaired) electrons. The maximum Gasteiger partial charge on any atom is 0.233 e. The van der Waals surface area contributed by atoms with Crippen molar-refractivity contribution in [3.05, 3.63) is 23.3 Å². The van der Waals surface area contributed by atoms with Crippen molar-refractivity contribution in [2.45, 2.75) is 34.6 Å². The number of hydrogen-bond acceptors (Lipinski definition) is 3. The first kappa shape index (κ1) is 14.8. The second-order valence-corrected chi connectivity index (χ2v) is 7.62. The van der Waals surface area contributed by atoms with E-state index < -0.39 is 10.0 Å². The Morgan fingerprint density at radius 3 is 2.28 bits per heavy atom. The van der Waals surface area contributed by atoms with E-state index in [9.17, 15) is 8.42 Å². The quantitative estimate of drug-likeness (QED) is 0.829. The van der Waals surface area contributed by atoms with Crippen LogP contribution < -0.4 is 10.5 Å². The predicted molar refractivity (Wildman–Crippen MR) is 77.2 cm³/mol. The van der Waals surface area contributed by atoms with Gasteiger partial charge in [0.15, 0.2) is 0 Å². The standard InChI is InChI=1S/C13H22N2O2S/c1-9-6-7-11(14)12(10(9)2)15-18(16,17)8-13(3,4)5/h6-7,15H,8,14H2,1-5H3. The highest BCUT2D eigenvalue weighted by molar-refractivity contribution is 7.92. The molecule has 5 heteroatoms. The minimum Gasteiger partial charge on any atom is -0.397 e. The van der Waals surface area contributed by atoms with Gasteiger partial charge in [-0.2, -0.15) is 0 Å². The third-order valence-corrected chi connectivity index (χ3v) is 4.41. The third-order valence-electron chi connectivity index (χ3n) is 2.65. The molecule has 1 aromatic rings. The average molecular weight is 270 g/mol. The van der Waals surface area contributed by atoms with Crippen molar-refractivity contribution in [2.24, 2.45) is 5.41 Å². The first-order valence-corrected chi connectivity index (χ1v) is 7.53. The number of hydrogen-bond donors (Lipinski definition) is 2. The van der Waals surface area contributed by atoms with Crippen LogP contribution >= 0.6 is 0 Å². The van der Waals surface area contributed by atoms with E-state index in [1.165, 1.54) is 0 Å². The molecule has 0 bridgehead atoms. The van der Waals surface area contributed by atoms with Crippen LogP contribution in [0.15, 0.2) is 12.1 Å². The van der Waals surface area contributed by atoms with Crippen molar-refractivity contribution in [3.63, 3.8) is 0 Å². The lowest BCUT2D eigenvalue weighted by Gasteiger charge is -2.20. The second-order valence-electron chi connectivity index (χ2n) is 5.89. The van der Waals surface area contributed by atoms with Gasteiger partial charge >= 0.3 is 0 Å². The summed E-state index contributed by atoms with van der Waals surface area (Å²) in [7, 11) is -3.38. The molecule has 102 valence electrons. The lowest BCUT2D eigenvalue weighted by molar-refractivity contribution is 0.463. The van der Waals surface area contributed by atoms with Gasteiger partial charge < -0.3 is 5.73 Å². The third kappa shape index (κ3) is 3.91. The summed E-state index contributed by atoms with van der Waals surface area (Å²) in [6.07, 6.45) is 0. The summed E-state index contributed by atoms with van der Waals surface area (Å²) >= 11 is 0. The van der Waals surface area contributed by atoms with Crippen molar-refractivity contribution in [1.29, 1.82) is 0 Å². The molecule has 3 N–H and O–H groups in total. The fourth-order valence-electron chi connectivity index (χ4n) is 1.73. The van der Waals surface area contributed by atoms with Gasteiger partial charge in [0.2, 0.25) is 10.0 Å². The van der Waals surface area contributed by atoms with E-state index in [0.29, 0.717) is 11.4 Å². The normalized spacial score (nSPS) is 12.5. The molecule has 0 atom stereocenters. The van der Waals surface area contributed by atoms with Crippen molar-refractivity contribution in [3.8, 4) is 0 Å². The van der Waals surface area contributed by atoms with Gasteiger partial charge in [-0.25, -0.2) is 8.42 Å². The molecule has 0 aliphatic heterocycles. The highest BCUT2D eigenvalue weighted by Crippen LogP contribution is 2.28. The van der Waals surface area contributed by atoms with Gasteiger partial charge in [0.05, 0.1) is 17.1 Å². The van der Waals surface area contributed by atoms with Crippen LogP contribution in [0.2, 0.25) is 0 Å². The van der Waals surface area contributed by atoms with Crippen LogP contribution in [0.1, 0.15) is 31.9 Å². The summed E-state index contributed by atoms with van der Waals surface area (Å²) in [5.41, 5.74) is 8.37. The van der Waals surface area contributed by atoms with E-state index >= 15 is 0 Å². The first-order chi connectivity index (χ1) is 8.02. The number of benzene rings is 1. The Bertz CT molecular complexity index is 543. The topological polar surface area (TPSA) is 72.2 Å². The van der Waals surface area contributed by atoms with Crippen molar-refractivity contribution >= 4 is 21.4 Å². The van der Waals surface area contributed by atoms with Crippen LogP contribution in [0.25, 0.3) is 0 Å². The first-order valence-electron chi connectivity index (χ1n) is 5.88. The Hall–Kier alpha value is -1.23. The number of rotatable bonds is 3. The van der Waals surface area contributed by atoms with Crippen LogP contribution in [0.4, 0.5) is 11.4 Å². The summed E-state index contributed by atoms with van der Waals surface area (Å²) in [6, 6.07) is 3.60. The minimum atomic E-state index is -3.38. The number of anilines is 2. The van der Waals surface area contributed by atoms with E-state index in [2.05, 4.69) is 4.72 Å². The smallest absolute Gasteiger partial charge is 0.233 e. The number of nitrogen functional groups attached to an aromatic ring is 1. The van der Waals surface area contributed by atoms with Crippen LogP contribution in [-0.4, -0.2) is 14.2 Å². The van der Waals surface area contributed by atoms with Crippen molar-refractivity contribution < 1.29 is 8.42 Å². The summed E-state index contributed by atoms with van der Waals surface area (Å²) in [5, 5.41) is 0. The van der Waals surface area contributed by atoms with Gasteiger partial charge in [-0.3, -0.25) is 4.72 Å². The number of sulfonamides is 1. The SMILES string of the molecule is Cc1ccc(N)c(NS(=O)(=O)CC(C)(C)C)c1C. The van der Waals surface area contributed by atoms with Crippen LogP contribution in [0.3, 0.4) is 0 Å². The molecule has 0 aliphatic rings. The highest BCUT2D eigenvalue weighted by Gasteiger charge is 2.22.